The van der Waals surface area contributed by atoms with Gasteiger partial charge in [0.05, 0.1) is 11.4 Å². The zero-order valence-corrected chi connectivity index (χ0v) is 15.6. The number of nitrogens with one attached hydrogen (secondary N) is 1. The van der Waals surface area contributed by atoms with Crippen LogP contribution in [0.25, 0.3) is 6.08 Å². The molecule has 0 radical (unpaired) electrons. The van der Waals surface area contributed by atoms with Gasteiger partial charge in [0, 0.05) is 22.7 Å². The normalized spacial score (nSPS) is 17.3. The van der Waals surface area contributed by atoms with Gasteiger partial charge >= 0.3 is 0 Å². The molecule has 1 aromatic heterocycles. The molecule has 1 aliphatic heterocycles. The molecule has 1 aliphatic rings. The van der Waals surface area contributed by atoms with E-state index in [1.807, 2.05) is 23.6 Å². The molecule has 0 aliphatic carbocycles. The quantitative estimate of drug-likeness (QED) is 0.827. The summed E-state index contributed by atoms with van der Waals surface area (Å²) in [4.78, 5) is 13.3. The third-order valence-electron chi connectivity index (χ3n) is 4.02. The van der Waals surface area contributed by atoms with Gasteiger partial charge in [0.2, 0.25) is 10.0 Å². The van der Waals surface area contributed by atoms with Crippen LogP contribution in [0.5, 0.6) is 0 Å². The van der Waals surface area contributed by atoms with E-state index < -0.39 is 10.0 Å². The highest BCUT2D eigenvalue weighted by atomic mass is 32.2. The van der Waals surface area contributed by atoms with Crippen molar-refractivity contribution in [3.05, 3.63) is 52.2 Å². The van der Waals surface area contributed by atoms with Gasteiger partial charge in [-0.3, -0.25) is 9.10 Å². The summed E-state index contributed by atoms with van der Waals surface area (Å²) in [5.74, 6) is 0.0183. The molecule has 3 rings (SSSR count). The predicted molar refractivity (Wildman–Crippen MR) is 103 cm³/mol. The molecule has 2 aromatic rings. The van der Waals surface area contributed by atoms with Gasteiger partial charge in [-0.1, -0.05) is 6.07 Å². The summed E-state index contributed by atoms with van der Waals surface area (Å²) in [6.45, 7) is 2.28. The number of benzene rings is 1. The molecule has 2 heterocycles. The molecule has 1 saturated heterocycles. The third kappa shape index (κ3) is 4.29. The molecule has 132 valence electrons. The SMILES string of the molecule is C/C(=C\c1cccs1)C(=O)Nc1ccc(N2CCCCS2(=O)=O)cc1. The molecule has 1 N–H and O–H groups in total. The van der Waals surface area contributed by atoms with Crippen LogP contribution in [-0.4, -0.2) is 26.6 Å². The smallest absolute Gasteiger partial charge is 0.251 e. The monoisotopic (exact) mass is 376 g/mol. The standard InChI is InChI=1S/C18H20N2O3S2/c1-14(13-17-5-4-11-24-17)18(21)19-15-6-8-16(9-7-15)20-10-2-3-12-25(20,22)23/h4-9,11,13H,2-3,10,12H2,1H3,(H,19,21)/b14-13+. The fourth-order valence-corrected chi connectivity index (χ4v) is 5.03. The number of amides is 1. The molecule has 0 saturated carbocycles. The van der Waals surface area contributed by atoms with E-state index in [9.17, 15) is 13.2 Å². The molecule has 1 fully saturated rings. The molecular formula is C18H20N2O3S2. The van der Waals surface area contributed by atoms with Crippen molar-refractivity contribution >= 4 is 44.7 Å². The van der Waals surface area contributed by atoms with Gasteiger partial charge in [-0.05, 0) is 61.6 Å². The van der Waals surface area contributed by atoms with E-state index in [1.165, 1.54) is 4.31 Å². The number of anilines is 2. The van der Waals surface area contributed by atoms with Crippen molar-refractivity contribution in [3.8, 4) is 0 Å². The van der Waals surface area contributed by atoms with Gasteiger partial charge in [-0.15, -0.1) is 11.3 Å². The number of carbonyl (C=O) groups is 1. The fourth-order valence-electron chi connectivity index (χ4n) is 2.67. The van der Waals surface area contributed by atoms with Crippen LogP contribution in [0.1, 0.15) is 24.6 Å². The molecular weight excluding hydrogens is 356 g/mol. The first kappa shape index (κ1) is 17.7. The summed E-state index contributed by atoms with van der Waals surface area (Å²) in [7, 11) is -3.22. The second-order valence-corrected chi connectivity index (χ2v) is 8.93. The zero-order valence-electron chi connectivity index (χ0n) is 13.9. The van der Waals surface area contributed by atoms with Gasteiger partial charge in [0.15, 0.2) is 0 Å². The maximum Gasteiger partial charge on any atom is 0.251 e. The largest absolute Gasteiger partial charge is 0.322 e. The van der Waals surface area contributed by atoms with Crippen LogP contribution in [0, 0.1) is 0 Å². The van der Waals surface area contributed by atoms with Crippen LogP contribution >= 0.6 is 11.3 Å². The number of nitrogens with zero attached hydrogens (tertiary/aromatic N) is 1. The number of sulfonamides is 1. The highest BCUT2D eigenvalue weighted by Gasteiger charge is 2.25. The number of carbonyl (C=O) groups excluding carboxylic acids is 1. The minimum Gasteiger partial charge on any atom is -0.322 e. The predicted octanol–water partition coefficient (Wildman–Crippen LogP) is 3.72. The summed E-state index contributed by atoms with van der Waals surface area (Å²) in [6.07, 6.45) is 3.42. The summed E-state index contributed by atoms with van der Waals surface area (Å²) in [6, 6.07) is 10.8. The average molecular weight is 377 g/mol. The van der Waals surface area contributed by atoms with E-state index >= 15 is 0 Å². The van der Waals surface area contributed by atoms with Crippen LogP contribution in [0.2, 0.25) is 0 Å². The summed E-state index contributed by atoms with van der Waals surface area (Å²) < 4.78 is 25.7. The lowest BCUT2D eigenvalue weighted by atomic mass is 10.2. The first-order valence-electron chi connectivity index (χ1n) is 8.09. The Morgan fingerprint density at radius 3 is 2.60 bits per heavy atom. The van der Waals surface area contributed by atoms with Crippen molar-refractivity contribution in [3.63, 3.8) is 0 Å². The Labute approximate surface area is 152 Å². The van der Waals surface area contributed by atoms with Crippen molar-refractivity contribution in [2.75, 3.05) is 21.9 Å². The summed E-state index contributed by atoms with van der Waals surface area (Å²) >= 11 is 1.57. The fraction of sp³-hybridized carbons (Fsp3) is 0.278. The average Bonchev–Trinajstić information content (AvgIpc) is 3.08. The highest BCUT2D eigenvalue weighted by Crippen LogP contribution is 2.25. The van der Waals surface area contributed by atoms with Gasteiger partial charge in [0.1, 0.15) is 0 Å². The van der Waals surface area contributed by atoms with E-state index in [2.05, 4.69) is 5.32 Å². The van der Waals surface area contributed by atoms with Crippen LogP contribution in [0.3, 0.4) is 0 Å². The third-order valence-corrected chi connectivity index (χ3v) is 6.71. The van der Waals surface area contributed by atoms with E-state index in [-0.39, 0.29) is 11.7 Å². The van der Waals surface area contributed by atoms with Crippen LogP contribution in [-0.2, 0) is 14.8 Å². The topological polar surface area (TPSA) is 66.5 Å². The molecule has 1 amide bonds. The van der Waals surface area contributed by atoms with Crippen LogP contribution in [0.15, 0.2) is 47.4 Å². The molecule has 0 unspecified atom stereocenters. The minimum atomic E-state index is -3.22. The van der Waals surface area contributed by atoms with Crippen molar-refractivity contribution in [1.82, 2.24) is 0 Å². The van der Waals surface area contributed by atoms with Crippen LogP contribution < -0.4 is 9.62 Å². The first-order valence-corrected chi connectivity index (χ1v) is 10.6. The zero-order chi connectivity index (χ0) is 17.9. The van der Waals surface area contributed by atoms with Gasteiger partial charge in [-0.25, -0.2) is 8.42 Å². The molecule has 0 atom stereocenters. The van der Waals surface area contributed by atoms with E-state index in [0.29, 0.717) is 29.9 Å². The number of thiophene rings is 1. The first-order chi connectivity index (χ1) is 12.0. The molecule has 0 bridgehead atoms. The number of hydrogen-bond acceptors (Lipinski definition) is 4. The van der Waals surface area contributed by atoms with E-state index in [0.717, 1.165) is 11.3 Å². The Hall–Kier alpha value is -2.12. The Kier molecular flexibility index (Phi) is 5.24. The van der Waals surface area contributed by atoms with Crippen molar-refractivity contribution in [1.29, 1.82) is 0 Å². The second kappa shape index (κ2) is 7.41. The van der Waals surface area contributed by atoms with Gasteiger partial charge in [0.25, 0.3) is 5.91 Å². The van der Waals surface area contributed by atoms with Crippen molar-refractivity contribution < 1.29 is 13.2 Å². The molecule has 1 aromatic carbocycles. The highest BCUT2D eigenvalue weighted by molar-refractivity contribution is 7.92. The number of rotatable bonds is 4. The lowest BCUT2D eigenvalue weighted by Gasteiger charge is -2.28. The number of hydrogen-bond donors (Lipinski definition) is 1. The second-order valence-electron chi connectivity index (χ2n) is 5.94. The summed E-state index contributed by atoms with van der Waals surface area (Å²) in [5.41, 5.74) is 1.90. The molecule has 25 heavy (non-hydrogen) atoms. The van der Waals surface area contributed by atoms with Crippen LogP contribution in [0.4, 0.5) is 11.4 Å². The lowest BCUT2D eigenvalue weighted by Crippen LogP contribution is -2.37. The Balaban J connectivity index is 1.69. The molecule has 0 spiro atoms. The Morgan fingerprint density at radius 1 is 1.20 bits per heavy atom. The van der Waals surface area contributed by atoms with Crippen molar-refractivity contribution in [2.24, 2.45) is 0 Å². The Morgan fingerprint density at radius 2 is 1.96 bits per heavy atom. The molecule has 5 nitrogen and oxygen atoms in total. The summed E-state index contributed by atoms with van der Waals surface area (Å²) in [5, 5.41) is 4.80. The molecule has 7 heteroatoms. The minimum absolute atomic E-state index is 0.174. The van der Waals surface area contributed by atoms with E-state index in [1.54, 1.807) is 42.5 Å². The maximum absolute atomic E-state index is 12.2. The van der Waals surface area contributed by atoms with Gasteiger partial charge in [-0.2, -0.15) is 0 Å². The Bertz CT molecular complexity index is 870. The van der Waals surface area contributed by atoms with E-state index in [4.69, 9.17) is 0 Å². The van der Waals surface area contributed by atoms with Crippen molar-refractivity contribution in [2.45, 2.75) is 19.8 Å². The lowest BCUT2D eigenvalue weighted by molar-refractivity contribution is -0.112. The maximum atomic E-state index is 12.2. The van der Waals surface area contributed by atoms with Gasteiger partial charge < -0.3 is 5.32 Å².